The van der Waals surface area contributed by atoms with E-state index < -0.39 is 0 Å². The minimum absolute atomic E-state index is 0.411. The van der Waals surface area contributed by atoms with Gasteiger partial charge in [0.2, 0.25) is 0 Å². The Morgan fingerprint density at radius 3 is 2.05 bits per heavy atom. The molecule has 0 N–H and O–H groups in total. The Hall–Kier alpha value is -2.09. The van der Waals surface area contributed by atoms with Gasteiger partial charge in [0.1, 0.15) is 0 Å². The Morgan fingerprint density at radius 1 is 0.900 bits per heavy atom. The zero-order valence-electron chi connectivity index (χ0n) is 12.0. The third-order valence-corrected chi connectivity index (χ3v) is 3.44. The number of piperazine rings is 1. The summed E-state index contributed by atoms with van der Waals surface area (Å²) in [5.74, 6) is 0.997. The molecule has 8 nitrogen and oxygen atoms in total. The van der Waals surface area contributed by atoms with Crippen molar-refractivity contribution >= 4 is 5.95 Å². The number of rotatable bonds is 2. The van der Waals surface area contributed by atoms with Crippen molar-refractivity contribution in [2.45, 2.75) is 13.8 Å². The second-order valence-electron chi connectivity index (χ2n) is 5.13. The molecule has 0 aliphatic carbocycles. The van der Waals surface area contributed by atoms with Crippen LogP contribution in [0.4, 0.5) is 5.95 Å². The van der Waals surface area contributed by atoms with Gasteiger partial charge in [-0.15, -0.1) is 20.4 Å². The molecule has 0 atom stereocenters. The van der Waals surface area contributed by atoms with Crippen LogP contribution in [0.5, 0.6) is 0 Å². The molecule has 1 aliphatic rings. The lowest BCUT2D eigenvalue weighted by Gasteiger charge is -2.31. The molecule has 20 heavy (non-hydrogen) atoms. The summed E-state index contributed by atoms with van der Waals surface area (Å²) >= 11 is 0. The summed E-state index contributed by atoms with van der Waals surface area (Å²) in [6, 6.07) is 1.97. The highest BCUT2D eigenvalue weighted by Gasteiger charge is 2.17. The number of hydrogen-bond acceptors (Lipinski definition) is 7. The maximum absolute atomic E-state index is 4.32. The molecular formula is C12H18N8. The quantitative estimate of drug-likeness (QED) is 0.752. The summed E-state index contributed by atoms with van der Waals surface area (Å²) in [5.41, 5.74) is 1.90. The van der Waals surface area contributed by atoms with Crippen molar-refractivity contribution in [1.29, 1.82) is 0 Å². The average molecular weight is 274 g/mol. The van der Waals surface area contributed by atoms with E-state index in [0.29, 0.717) is 11.9 Å². The fraction of sp³-hybridized carbons (Fsp3) is 0.583. The van der Waals surface area contributed by atoms with Crippen molar-refractivity contribution in [3.8, 4) is 5.95 Å². The molecule has 106 valence electrons. The SMILES string of the molecule is Cc1cc(C)n(-c2nnc(N3CCN(C)CC3)nn2)n1. The van der Waals surface area contributed by atoms with Gasteiger partial charge < -0.3 is 9.80 Å². The van der Waals surface area contributed by atoms with Gasteiger partial charge in [-0.1, -0.05) is 0 Å². The zero-order chi connectivity index (χ0) is 14.1. The first-order valence-electron chi connectivity index (χ1n) is 6.68. The van der Waals surface area contributed by atoms with Crippen molar-refractivity contribution in [3.63, 3.8) is 0 Å². The third kappa shape index (κ3) is 2.46. The molecule has 2 aromatic rings. The summed E-state index contributed by atoms with van der Waals surface area (Å²) in [5, 5.41) is 21.0. The lowest BCUT2D eigenvalue weighted by Crippen LogP contribution is -2.45. The smallest absolute Gasteiger partial charge is 0.289 e. The van der Waals surface area contributed by atoms with Gasteiger partial charge >= 0.3 is 0 Å². The van der Waals surface area contributed by atoms with Gasteiger partial charge in [-0.05, 0) is 27.0 Å². The van der Waals surface area contributed by atoms with E-state index in [-0.39, 0.29) is 0 Å². The molecule has 8 heteroatoms. The Kier molecular flexibility index (Phi) is 3.31. The van der Waals surface area contributed by atoms with E-state index in [2.05, 4.69) is 42.3 Å². The predicted molar refractivity (Wildman–Crippen MR) is 73.9 cm³/mol. The van der Waals surface area contributed by atoms with Gasteiger partial charge in [0.25, 0.3) is 11.9 Å². The number of likely N-dealkylation sites (N-methyl/N-ethyl adjacent to an activating group) is 1. The maximum Gasteiger partial charge on any atom is 0.289 e. The van der Waals surface area contributed by atoms with Gasteiger partial charge in [-0.3, -0.25) is 0 Å². The van der Waals surface area contributed by atoms with E-state index >= 15 is 0 Å². The van der Waals surface area contributed by atoms with Crippen LogP contribution in [0.15, 0.2) is 6.07 Å². The van der Waals surface area contributed by atoms with E-state index in [4.69, 9.17) is 0 Å². The molecule has 1 saturated heterocycles. The highest BCUT2D eigenvalue weighted by molar-refractivity contribution is 5.28. The normalized spacial score (nSPS) is 16.6. The molecule has 2 aromatic heterocycles. The molecule has 0 unspecified atom stereocenters. The minimum Gasteiger partial charge on any atom is -0.336 e. The van der Waals surface area contributed by atoms with Crippen LogP contribution in [-0.4, -0.2) is 68.3 Å². The first-order valence-corrected chi connectivity index (χ1v) is 6.68. The summed E-state index contributed by atoms with van der Waals surface area (Å²) < 4.78 is 1.66. The van der Waals surface area contributed by atoms with Gasteiger partial charge in [0.05, 0.1) is 5.69 Å². The first-order chi connectivity index (χ1) is 9.63. The maximum atomic E-state index is 4.32. The number of aromatic nitrogens is 6. The van der Waals surface area contributed by atoms with E-state index in [9.17, 15) is 0 Å². The predicted octanol–water partition coefficient (Wildman–Crippen LogP) is -0.179. The fourth-order valence-corrected chi connectivity index (χ4v) is 2.27. The zero-order valence-corrected chi connectivity index (χ0v) is 12.0. The Balaban J connectivity index is 1.79. The number of hydrogen-bond donors (Lipinski definition) is 0. The highest BCUT2D eigenvalue weighted by Crippen LogP contribution is 2.10. The van der Waals surface area contributed by atoms with E-state index in [1.807, 2.05) is 19.9 Å². The minimum atomic E-state index is 0.411. The third-order valence-electron chi connectivity index (χ3n) is 3.44. The monoisotopic (exact) mass is 274 g/mol. The Bertz CT molecular complexity index is 582. The highest BCUT2D eigenvalue weighted by atomic mass is 15.5. The summed E-state index contributed by atoms with van der Waals surface area (Å²) in [4.78, 5) is 4.38. The van der Waals surface area contributed by atoms with Crippen molar-refractivity contribution < 1.29 is 0 Å². The van der Waals surface area contributed by atoms with Crippen LogP contribution in [0.1, 0.15) is 11.4 Å². The van der Waals surface area contributed by atoms with Crippen LogP contribution in [0, 0.1) is 13.8 Å². The van der Waals surface area contributed by atoms with Crippen LogP contribution >= 0.6 is 0 Å². The summed E-state index contributed by atoms with van der Waals surface area (Å²) in [6.07, 6.45) is 0. The first kappa shape index (κ1) is 12.9. The molecule has 1 aliphatic heterocycles. The lowest BCUT2D eigenvalue weighted by molar-refractivity contribution is 0.310. The molecular weight excluding hydrogens is 256 g/mol. The van der Waals surface area contributed by atoms with Crippen LogP contribution in [-0.2, 0) is 0 Å². The van der Waals surface area contributed by atoms with Crippen LogP contribution in [0.2, 0.25) is 0 Å². The number of aryl methyl sites for hydroxylation is 2. The Labute approximate surface area is 117 Å². The second kappa shape index (κ2) is 5.12. The second-order valence-corrected chi connectivity index (χ2v) is 5.13. The molecule has 1 fully saturated rings. The summed E-state index contributed by atoms with van der Waals surface area (Å²) in [7, 11) is 2.11. The van der Waals surface area contributed by atoms with Crippen molar-refractivity contribution in [1.82, 2.24) is 35.1 Å². The largest absolute Gasteiger partial charge is 0.336 e. The average Bonchev–Trinajstić information content (AvgIpc) is 2.79. The van der Waals surface area contributed by atoms with Crippen LogP contribution in [0.25, 0.3) is 5.95 Å². The molecule has 0 spiro atoms. The molecule has 0 radical (unpaired) electrons. The molecule has 0 bridgehead atoms. The molecule has 0 saturated carbocycles. The molecule has 0 aromatic carbocycles. The topological polar surface area (TPSA) is 75.9 Å². The number of anilines is 1. The molecule has 3 rings (SSSR count). The van der Waals surface area contributed by atoms with E-state index in [1.54, 1.807) is 4.68 Å². The van der Waals surface area contributed by atoms with Crippen molar-refractivity contribution in [2.24, 2.45) is 0 Å². The summed E-state index contributed by atoms with van der Waals surface area (Å²) in [6.45, 7) is 7.70. The van der Waals surface area contributed by atoms with E-state index in [0.717, 1.165) is 37.6 Å². The fourth-order valence-electron chi connectivity index (χ4n) is 2.27. The number of nitrogens with zero attached hydrogens (tertiary/aromatic N) is 8. The van der Waals surface area contributed by atoms with Crippen molar-refractivity contribution in [3.05, 3.63) is 17.5 Å². The molecule has 0 amide bonds. The standard InChI is InChI=1S/C12H18N8/c1-9-8-10(2)20(17-9)12-15-13-11(14-16-12)19-6-4-18(3)5-7-19/h8H,4-7H2,1-3H3. The molecule has 3 heterocycles. The van der Waals surface area contributed by atoms with E-state index in [1.165, 1.54) is 0 Å². The van der Waals surface area contributed by atoms with Gasteiger partial charge in [-0.25, -0.2) is 4.68 Å². The van der Waals surface area contributed by atoms with Crippen LogP contribution in [0.3, 0.4) is 0 Å². The van der Waals surface area contributed by atoms with Crippen molar-refractivity contribution in [2.75, 3.05) is 38.1 Å². The van der Waals surface area contributed by atoms with Gasteiger partial charge in [0.15, 0.2) is 0 Å². The van der Waals surface area contributed by atoms with Gasteiger partial charge in [-0.2, -0.15) is 5.10 Å². The van der Waals surface area contributed by atoms with Gasteiger partial charge in [0, 0.05) is 31.9 Å². The lowest BCUT2D eigenvalue weighted by atomic mass is 10.3. The Morgan fingerprint density at radius 2 is 1.50 bits per heavy atom. The van der Waals surface area contributed by atoms with Crippen LogP contribution < -0.4 is 4.90 Å².